The van der Waals surface area contributed by atoms with Gasteiger partial charge in [-0.1, -0.05) is 28.8 Å². The Bertz CT molecular complexity index is 887. The van der Waals surface area contributed by atoms with Gasteiger partial charge in [-0.05, 0) is 57.4 Å². The molecule has 1 aliphatic carbocycles. The van der Waals surface area contributed by atoms with Crippen molar-refractivity contribution < 1.29 is 5.11 Å². The van der Waals surface area contributed by atoms with E-state index in [0.717, 1.165) is 52.8 Å². The van der Waals surface area contributed by atoms with Crippen molar-refractivity contribution in [2.45, 2.75) is 58.1 Å². The van der Waals surface area contributed by atoms with Crippen LogP contribution in [0, 0.1) is 24.2 Å². The second-order valence-electron chi connectivity index (χ2n) is 7.87. The van der Waals surface area contributed by atoms with Gasteiger partial charge in [0.2, 0.25) is 5.95 Å². The fraction of sp³-hybridized carbons (Fsp3) is 0.476. The monoisotopic (exact) mass is 443 g/mol. The van der Waals surface area contributed by atoms with E-state index in [1.165, 1.54) is 0 Å². The third-order valence-corrected chi connectivity index (χ3v) is 5.80. The summed E-state index contributed by atoms with van der Waals surface area (Å²) in [4.78, 5) is 9.01. The fourth-order valence-corrected chi connectivity index (χ4v) is 4.21. The maximum absolute atomic E-state index is 10.3. The second-order valence-corrected chi connectivity index (χ2v) is 8.73. The van der Waals surface area contributed by atoms with Gasteiger partial charge in [-0.2, -0.15) is 10.2 Å². The first-order valence-electron chi connectivity index (χ1n) is 9.57. The van der Waals surface area contributed by atoms with E-state index in [-0.39, 0.29) is 12.0 Å². The Morgan fingerprint density at radius 1 is 1.29 bits per heavy atom. The molecule has 3 N–H and O–H groups in total. The molecule has 7 heteroatoms. The molecular weight excluding hydrogens is 418 g/mol. The molecule has 2 atom stereocenters. The molecule has 3 rings (SSSR count). The number of anilines is 3. The molecule has 2 aromatic rings. The van der Waals surface area contributed by atoms with Gasteiger partial charge in [-0.25, -0.2) is 4.98 Å². The first-order valence-corrected chi connectivity index (χ1v) is 10.4. The smallest absolute Gasteiger partial charge is 0.229 e. The molecule has 0 amide bonds. The molecule has 1 aromatic heterocycles. The predicted molar refractivity (Wildman–Crippen MR) is 114 cm³/mol. The van der Waals surface area contributed by atoms with E-state index in [0.29, 0.717) is 5.95 Å². The number of hydrogen-bond donors (Lipinski definition) is 3. The number of nitrogens with zero attached hydrogens (tertiary/aromatic N) is 3. The van der Waals surface area contributed by atoms with Gasteiger partial charge in [0, 0.05) is 28.0 Å². The Morgan fingerprint density at radius 3 is 2.75 bits per heavy atom. The van der Waals surface area contributed by atoms with E-state index in [2.05, 4.69) is 42.6 Å². The number of aliphatic hydroxyl groups is 1. The quantitative estimate of drug-likeness (QED) is 0.600. The summed E-state index contributed by atoms with van der Waals surface area (Å²) in [5.74, 6) is 1.24. The highest BCUT2D eigenvalue weighted by Crippen LogP contribution is 2.32. The molecule has 0 spiro atoms. The Labute approximate surface area is 174 Å². The first kappa shape index (κ1) is 20.6. The molecule has 1 aliphatic rings. The number of nitriles is 1. The fourth-order valence-electron chi connectivity index (χ4n) is 3.48. The van der Waals surface area contributed by atoms with Crippen LogP contribution in [0.5, 0.6) is 0 Å². The summed E-state index contributed by atoms with van der Waals surface area (Å²) in [6.45, 7) is 5.45. The molecule has 1 saturated carbocycles. The van der Waals surface area contributed by atoms with Gasteiger partial charge in [-0.15, -0.1) is 0 Å². The first-order chi connectivity index (χ1) is 13.3. The number of halogens is 1. The molecule has 1 heterocycles. The van der Waals surface area contributed by atoms with Crippen LogP contribution in [-0.4, -0.2) is 21.1 Å². The summed E-state index contributed by atoms with van der Waals surface area (Å²) >= 11 is 3.49. The molecule has 0 radical (unpaired) electrons. The number of hydrogen-bond acceptors (Lipinski definition) is 6. The van der Waals surface area contributed by atoms with Crippen LogP contribution in [0.25, 0.3) is 0 Å². The Morgan fingerprint density at radius 2 is 2.04 bits per heavy atom. The maximum atomic E-state index is 10.3. The molecule has 148 valence electrons. The topological polar surface area (TPSA) is 93.9 Å². The molecule has 28 heavy (non-hydrogen) atoms. The minimum atomic E-state index is -0.968. The van der Waals surface area contributed by atoms with Gasteiger partial charge in [0.25, 0.3) is 0 Å². The summed E-state index contributed by atoms with van der Waals surface area (Å²) in [5.41, 5.74) is 1.55. The zero-order chi connectivity index (χ0) is 20.3. The van der Waals surface area contributed by atoms with Crippen molar-refractivity contribution >= 4 is 33.4 Å². The maximum Gasteiger partial charge on any atom is 0.229 e. The highest BCUT2D eigenvalue weighted by Gasteiger charge is 2.25. The SMILES string of the molecule is Cc1cnc(Nc2ccc(Br)c(C(C)(C)O)c2)nc1NC1CCCC[C@@H]1C#N. The highest BCUT2D eigenvalue weighted by molar-refractivity contribution is 9.10. The highest BCUT2D eigenvalue weighted by atomic mass is 79.9. The van der Waals surface area contributed by atoms with E-state index < -0.39 is 5.60 Å². The van der Waals surface area contributed by atoms with Crippen LogP contribution >= 0.6 is 15.9 Å². The Hall–Kier alpha value is -2.17. The molecule has 0 bridgehead atoms. The summed E-state index contributed by atoms with van der Waals surface area (Å²) in [5, 5.41) is 26.4. The van der Waals surface area contributed by atoms with Crippen LogP contribution in [0.3, 0.4) is 0 Å². The predicted octanol–water partition coefficient (Wildman–Crippen LogP) is 5.01. The lowest BCUT2D eigenvalue weighted by Crippen LogP contribution is -2.32. The minimum Gasteiger partial charge on any atom is -0.386 e. The van der Waals surface area contributed by atoms with Gasteiger partial charge in [0.15, 0.2) is 0 Å². The Kier molecular flexibility index (Phi) is 6.21. The number of nitrogens with one attached hydrogen (secondary N) is 2. The number of aryl methyl sites for hydroxylation is 1. The average Bonchev–Trinajstić information content (AvgIpc) is 2.65. The van der Waals surface area contributed by atoms with Gasteiger partial charge >= 0.3 is 0 Å². The van der Waals surface area contributed by atoms with Crippen molar-refractivity contribution in [2.24, 2.45) is 5.92 Å². The lowest BCUT2D eigenvalue weighted by Gasteiger charge is -2.28. The van der Waals surface area contributed by atoms with Crippen LogP contribution in [0.15, 0.2) is 28.9 Å². The summed E-state index contributed by atoms with van der Waals surface area (Å²) in [6.07, 6.45) is 5.93. The Balaban J connectivity index is 1.81. The van der Waals surface area contributed by atoms with Crippen molar-refractivity contribution in [1.29, 1.82) is 5.26 Å². The molecule has 0 aliphatic heterocycles. The zero-order valence-corrected chi connectivity index (χ0v) is 18.0. The third kappa shape index (κ3) is 4.81. The number of rotatable bonds is 5. The summed E-state index contributed by atoms with van der Waals surface area (Å²) < 4.78 is 0.845. The summed E-state index contributed by atoms with van der Waals surface area (Å²) in [7, 11) is 0. The van der Waals surface area contributed by atoms with Crippen molar-refractivity contribution in [3.8, 4) is 6.07 Å². The number of aromatic nitrogens is 2. The molecule has 1 aromatic carbocycles. The van der Waals surface area contributed by atoms with E-state index >= 15 is 0 Å². The van der Waals surface area contributed by atoms with Gasteiger partial charge in [0.1, 0.15) is 5.82 Å². The lowest BCUT2D eigenvalue weighted by molar-refractivity contribution is 0.0779. The van der Waals surface area contributed by atoms with Gasteiger partial charge in [-0.3, -0.25) is 0 Å². The molecule has 1 fully saturated rings. The van der Waals surface area contributed by atoms with Crippen LogP contribution in [0.2, 0.25) is 0 Å². The molecular formula is C21H26BrN5O. The molecule has 1 unspecified atom stereocenters. The molecule has 6 nitrogen and oxygen atoms in total. The van der Waals surface area contributed by atoms with Crippen LogP contribution in [0.1, 0.15) is 50.7 Å². The van der Waals surface area contributed by atoms with Crippen molar-refractivity contribution in [1.82, 2.24) is 9.97 Å². The van der Waals surface area contributed by atoms with Crippen LogP contribution in [0.4, 0.5) is 17.5 Å². The molecule has 0 saturated heterocycles. The van der Waals surface area contributed by atoms with Crippen LogP contribution < -0.4 is 10.6 Å². The summed E-state index contributed by atoms with van der Waals surface area (Å²) in [6, 6.07) is 8.22. The largest absolute Gasteiger partial charge is 0.386 e. The van der Waals surface area contributed by atoms with Crippen molar-refractivity contribution in [3.63, 3.8) is 0 Å². The normalized spacial score (nSPS) is 19.7. The van der Waals surface area contributed by atoms with Crippen LogP contribution in [-0.2, 0) is 5.60 Å². The third-order valence-electron chi connectivity index (χ3n) is 5.11. The number of benzene rings is 1. The van der Waals surface area contributed by atoms with Gasteiger partial charge < -0.3 is 15.7 Å². The van der Waals surface area contributed by atoms with Crippen molar-refractivity contribution in [2.75, 3.05) is 10.6 Å². The van der Waals surface area contributed by atoms with E-state index in [1.54, 1.807) is 20.0 Å². The average molecular weight is 444 g/mol. The lowest BCUT2D eigenvalue weighted by atomic mass is 9.85. The van der Waals surface area contributed by atoms with E-state index in [1.807, 2.05) is 25.1 Å². The zero-order valence-electron chi connectivity index (χ0n) is 16.5. The van der Waals surface area contributed by atoms with E-state index in [9.17, 15) is 10.4 Å². The van der Waals surface area contributed by atoms with Crippen molar-refractivity contribution in [3.05, 3.63) is 40.0 Å². The minimum absolute atomic E-state index is 0.0142. The van der Waals surface area contributed by atoms with E-state index in [4.69, 9.17) is 0 Å². The van der Waals surface area contributed by atoms with Gasteiger partial charge in [0.05, 0.1) is 17.6 Å². The standard InChI is InChI=1S/C21H26BrN5O/c1-13-12-24-20(25-15-8-9-17(22)16(10-15)21(2,3)28)27-19(13)26-18-7-5-4-6-14(18)11-23/h8-10,12,14,18,28H,4-7H2,1-3H3,(H2,24,25,26,27)/t14-,18?/m1/s1. The second kappa shape index (κ2) is 8.46.